The number of aryl methyl sites for hydroxylation is 1. The van der Waals surface area contributed by atoms with E-state index in [0.29, 0.717) is 15.9 Å². The van der Waals surface area contributed by atoms with Gasteiger partial charge in [0.25, 0.3) is 0 Å². The van der Waals surface area contributed by atoms with E-state index in [1.54, 1.807) is 6.07 Å². The fourth-order valence-electron chi connectivity index (χ4n) is 2.16. The summed E-state index contributed by atoms with van der Waals surface area (Å²) >= 11 is 7.36. The van der Waals surface area contributed by atoms with Gasteiger partial charge in [0, 0.05) is 16.0 Å². The number of halogens is 1. The van der Waals surface area contributed by atoms with Crippen LogP contribution in [0.4, 0.5) is 5.13 Å². The molecule has 0 aliphatic heterocycles. The Labute approximate surface area is 148 Å². The lowest BCUT2D eigenvalue weighted by molar-refractivity contribution is 0.480. The molecule has 0 spiro atoms. The van der Waals surface area contributed by atoms with Crippen LogP contribution in [-0.4, -0.2) is 10.9 Å². The van der Waals surface area contributed by atoms with Gasteiger partial charge in [0.05, 0.1) is 5.69 Å². The van der Waals surface area contributed by atoms with Gasteiger partial charge in [0.1, 0.15) is 11.5 Å². The molecule has 5 nitrogen and oxygen atoms in total. The molecule has 24 heavy (non-hydrogen) atoms. The van der Waals surface area contributed by atoms with Crippen LogP contribution in [0.2, 0.25) is 5.02 Å². The highest BCUT2D eigenvalue weighted by Gasteiger charge is 2.12. The summed E-state index contributed by atoms with van der Waals surface area (Å²) in [5.74, 6) is 1.42. The zero-order valence-corrected chi connectivity index (χ0v) is 14.4. The van der Waals surface area contributed by atoms with Crippen LogP contribution >= 0.6 is 22.9 Å². The lowest BCUT2D eigenvalue weighted by atomic mass is 10.1. The molecule has 0 bridgehead atoms. The van der Waals surface area contributed by atoms with Crippen molar-refractivity contribution in [3.8, 4) is 22.8 Å². The van der Waals surface area contributed by atoms with Crippen molar-refractivity contribution in [2.75, 3.05) is 0 Å². The second-order valence-electron chi connectivity index (χ2n) is 5.06. The number of aliphatic imine (C=N–C) groups is 1. The van der Waals surface area contributed by atoms with Crippen molar-refractivity contribution in [1.82, 2.24) is 4.98 Å². The summed E-state index contributed by atoms with van der Waals surface area (Å²) in [6.07, 6.45) is 0. The molecule has 0 aliphatic rings. The molecule has 0 unspecified atom stereocenters. The Hall–Kier alpha value is -2.57. The predicted octanol–water partition coefficient (Wildman–Crippen LogP) is 4.47. The Morgan fingerprint density at radius 3 is 2.71 bits per heavy atom. The number of thiazole rings is 1. The molecule has 1 heterocycles. The number of aromatic nitrogens is 1. The highest BCUT2D eigenvalue weighted by molar-refractivity contribution is 7.13. The summed E-state index contributed by atoms with van der Waals surface area (Å²) in [7, 11) is 0. The number of hydrogen-bond donors (Lipinski definition) is 2. The smallest absolute Gasteiger partial charge is 0.212 e. The maximum absolute atomic E-state index is 6.06. The van der Waals surface area contributed by atoms with Crippen LogP contribution in [0.1, 0.15) is 5.56 Å². The molecule has 0 aliphatic carbocycles. The normalized spacial score (nSPS) is 10.4. The van der Waals surface area contributed by atoms with E-state index in [-0.39, 0.29) is 5.96 Å². The highest BCUT2D eigenvalue weighted by Crippen LogP contribution is 2.36. The largest absolute Gasteiger partial charge is 0.456 e. The van der Waals surface area contributed by atoms with Crippen molar-refractivity contribution in [3.63, 3.8) is 0 Å². The molecule has 3 rings (SSSR count). The number of benzene rings is 2. The average molecular weight is 359 g/mol. The van der Waals surface area contributed by atoms with Crippen LogP contribution in [0.25, 0.3) is 11.3 Å². The highest BCUT2D eigenvalue weighted by atomic mass is 35.5. The standard InChI is InChI=1S/C17H15ClN4OS/c1-10-8-11(18)6-7-14(10)23-15-5-3-2-4-12(15)13-9-24-17(21-13)22-16(19)20/h2-9H,1H3,(H4,19,20,21,22). The second-order valence-corrected chi connectivity index (χ2v) is 6.33. The van der Waals surface area contributed by atoms with Gasteiger partial charge in [-0.05, 0) is 42.8 Å². The number of ether oxygens (including phenoxy) is 1. The summed E-state index contributed by atoms with van der Waals surface area (Å²) in [6.45, 7) is 1.95. The van der Waals surface area contributed by atoms with E-state index >= 15 is 0 Å². The van der Waals surface area contributed by atoms with E-state index in [1.807, 2.05) is 48.7 Å². The quantitative estimate of drug-likeness (QED) is 0.532. The molecular weight excluding hydrogens is 344 g/mol. The molecule has 122 valence electrons. The lowest BCUT2D eigenvalue weighted by Crippen LogP contribution is -2.21. The van der Waals surface area contributed by atoms with Gasteiger partial charge in [-0.1, -0.05) is 23.7 Å². The molecule has 0 saturated carbocycles. The van der Waals surface area contributed by atoms with E-state index in [1.165, 1.54) is 11.3 Å². The summed E-state index contributed by atoms with van der Waals surface area (Å²) < 4.78 is 6.06. The van der Waals surface area contributed by atoms with Crippen molar-refractivity contribution in [2.45, 2.75) is 6.92 Å². The van der Waals surface area contributed by atoms with Crippen LogP contribution in [-0.2, 0) is 0 Å². The van der Waals surface area contributed by atoms with Gasteiger partial charge >= 0.3 is 0 Å². The Morgan fingerprint density at radius 1 is 1.17 bits per heavy atom. The molecule has 4 N–H and O–H groups in total. The lowest BCUT2D eigenvalue weighted by Gasteiger charge is -2.12. The minimum absolute atomic E-state index is 0.0165. The van der Waals surface area contributed by atoms with E-state index in [4.69, 9.17) is 27.8 Å². The number of guanidine groups is 1. The number of rotatable bonds is 4. The van der Waals surface area contributed by atoms with Gasteiger partial charge in [-0.25, -0.2) is 4.98 Å². The summed E-state index contributed by atoms with van der Waals surface area (Å²) in [4.78, 5) is 8.40. The van der Waals surface area contributed by atoms with Gasteiger partial charge in [0.2, 0.25) is 5.13 Å². The van der Waals surface area contributed by atoms with Crippen LogP contribution in [0, 0.1) is 6.92 Å². The van der Waals surface area contributed by atoms with Crippen molar-refractivity contribution in [2.24, 2.45) is 16.5 Å². The van der Waals surface area contributed by atoms with Gasteiger partial charge in [-0.2, -0.15) is 4.99 Å². The first-order chi connectivity index (χ1) is 11.5. The number of hydrogen-bond acceptors (Lipinski definition) is 4. The molecule has 2 aromatic carbocycles. The average Bonchev–Trinajstić information content (AvgIpc) is 2.98. The summed E-state index contributed by atoms with van der Waals surface area (Å²) in [6, 6.07) is 13.2. The van der Waals surface area contributed by atoms with E-state index in [2.05, 4.69) is 9.98 Å². The van der Waals surface area contributed by atoms with Crippen LogP contribution in [0.3, 0.4) is 0 Å². The van der Waals surface area contributed by atoms with Gasteiger partial charge in [-0.15, -0.1) is 11.3 Å². The summed E-state index contributed by atoms with van der Waals surface area (Å²) in [5.41, 5.74) is 13.4. The molecule has 0 amide bonds. The van der Waals surface area contributed by atoms with Gasteiger partial charge in [-0.3, -0.25) is 0 Å². The number of para-hydroxylation sites is 1. The van der Waals surface area contributed by atoms with Gasteiger partial charge in [0.15, 0.2) is 5.96 Å². The molecule has 0 fully saturated rings. The van der Waals surface area contributed by atoms with E-state index < -0.39 is 0 Å². The first-order valence-corrected chi connectivity index (χ1v) is 8.37. The van der Waals surface area contributed by atoms with Crippen molar-refractivity contribution >= 4 is 34.0 Å². The first-order valence-electron chi connectivity index (χ1n) is 7.11. The van der Waals surface area contributed by atoms with Crippen LogP contribution < -0.4 is 16.2 Å². The zero-order chi connectivity index (χ0) is 17.1. The molecular formula is C17H15ClN4OS. The predicted molar refractivity (Wildman–Crippen MR) is 99.3 cm³/mol. The molecule has 1 aromatic heterocycles. The Bertz CT molecular complexity index is 903. The number of nitrogens with zero attached hydrogens (tertiary/aromatic N) is 2. The first kappa shape index (κ1) is 16.3. The zero-order valence-electron chi connectivity index (χ0n) is 12.9. The maximum atomic E-state index is 6.06. The fourth-order valence-corrected chi connectivity index (χ4v) is 3.10. The Morgan fingerprint density at radius 2 is 1.96 bits per heavy atom. The third-order valence-corrected chi connectivity index (χ3v) is 4.21. The van der Waals surface area contributed by atoms with Crippen molar-refractivity contribution < 1.29 is 4.74 Å². The SMILES string of the molecule is Cc1cc(Cl)ccc1Oc1ccccc1-c1csc(N=C(N)N)n1. The minimum atomic E-state index is -0.0165. The fraction of sp³-hybridized carbons (Fsp3) is 0.0588. The van der Waals surface area contributed by atoms with Crippen LogP contribution in [0.5, 0.6) is 11.5 Å². The summed E-state index contributed by atoms with van der Waals surface area (Å²) in [5, 5.41) is 3.07. The Balaban J connectivity index is 1.96. The molecule has 0 radical (unpaired) electrons. The topological polar surface area (TPSA) is 86.5 Å². The Kier molecular flexibility index (Phi) is 4.69. The maximum Gasteiger partial charge on any atom is 0.212 e. The third kappa shape index (κ3) is 3.67. The van der Waals surface area contributed by atoms with Crippen molar-refractivity contribution in [3.05, 3.63) is 58.4 Å². The van der Waals surface area contributed by atoms with Crippen LogP contribution in [0.15, 0.2) is 52.8 Å². The molecule has 3 aromatic rings. The van der Waals surface area contributed by atoms with Gasteiger partial charge < -0.3 is 16.2 Å². The molecule has 0 saturated heterocycles. The minimum Gasteiger partial charge on any atom is -0.456 e. The van der Waals surface area contributed by atoms with E-state index in [9.17, 15) is 0 Å². The van der Waals surface area contributed by atoms with Crippen molar-refractivity contribution in [1.29, 1.82) is 0 Å². The monoisotopic (exact) mass is 358 g/mol. The molecule has 0 atom stereocenters. The second kappa shape index (κ2) is 6.90. The number of nitrogens with two attached hydrogens (primary N) is 2. The van der Waals surface area contributed by atoms with E-state index in [0.717, 1.165) is 22.6 Å². The third-order valence-electron chi connectivity index (χ3n) is 3.24. The molecule has 7 heteroatoms.